The summed E-state index contributed by atoms with van der Waals surface area (Å²) >= 11 is 0. The topological polar surface area (TPSA) is 105 Å². The van der Waals surface area contributed by atoms with Gasteiger partial charge < -0.3 is 15.3 Å². The summed E-state index contributed by atoms with van der Waals surface area (Å²) in [7, 11) is 0. The molecule has 2 N–H and O–H groups in total. The summed E-state index contributed by atoms with van der Waals surface area (Å²) < 4.78 is 0. The molecule has 7 nitrogen and oxygen atoms in total. The van der Waals surface area contributed by atoms with Gasteiger partial charge in [-0.2, -0.15) is 0 Å². The molecule has 0 aliphatic carbocycles. The van der Waals surface area contributed by atoms with Gasteiger partial charge in [-0.25, -0.2) is 0 Å². The first-order valence-electron chi connectivity index (χ1n) is 7.15. The highest BCUT2D eigenvalue weighted by Crippen LogP contribution is 2.27. The third-order valence-corrected chi connectivity index (χ3v) is 3.62. The van der Waals surface area contributed by atoms with Gasteiger partial charge in [0.2, 0.25) is 5.60 Å². The van der Waals surface area contributed by atoms with Crippen LogP contribution in [0.2, 0.25) is 0 Å². The Balaban J connectivity index is 2.05. The van der Waals surface area contributed by atoms with E-state index in [1.165, 1.54) is 6.92 Å². The fourth-order valence-corrected chi connectivity index (χ4v) is 2.23. The molecule has 1 aromatic carbocycles. The Labute approximate surface area is 133 Å². The molecule has 1 unspecified atom stereocenters. The summed E-state index contributed by atoms with van der Waals surface area (Å²) in [5.74, 6) is -2.15. The zero-order valence-corrected chi connectivity index (χ0v) is 12.9. The Bertz CT molecular complexity index is 656. The fraction of sp³-hybridized carbons (Fsp3) is 0.375. The highest BCUT2D eigenvalue weighted by Gasteiger charge is 2.43. The lowest BCUT2D eigenvalue weighted by molar-refractivity contribution is -0.145. The number of carboxylic acid groups (broad SMARTS) is 1. The molecule has 0 fully saturated rings. The average molecular weight is 318 g/mol. The Morgan fingerprint density at radius 1 is 1.35 bits per heavy atom. The largest absolute Gasteiger partial charge is 0.481 e. The Morgan fingerprint density at radius 2 is 2.00 bits per heavy atom. The zero-order chi connectivity index (χ0) is 17.0. The Morgan fingerprint density at radius 3 is 2.57 bits per heavy atom. The van der Waals surface area contributed by atoms with Crippen LogP contribution in [0.4, 0.5) is 0 Å². The number of ketones is 1. The maximum Gasteiger partial charge on any atom is 0.305 e. The molecular formula is C16H18N2O5. The summed E-state index contributed by atoms with van der Waals surface area (Å²) in [6.45, 7) is 2.79. The van der Waals surface area contributed by atoms with Crippen LogP contribution in [0, 0.1) is 0 Å². The molecule has 1 aliphatic heterocycles. The lowest BCUT2D eigenvalue weighted by Gasteiger charge is -2.23. The molecule has 7 heteroatoms. The summed E-state index contributed by atoms with van der Waals surface area (Å²) in [4.78, 5) is 39.9. The van der Waals surface area contributed by atoms with Crippen LogP contribution in [0.1, 0.15) is 32.3 Å². The van der Waals surface area contributed by atoms with Crippen molar-refractivity contribution in [3.63, 3.8) is 0 Å². The standard InChI is InChI=1S/C16H18N2O5/c1-10(19)12(8-14(20)21)17-15(22)16(2)9-13(18-23-16)11-6-4-3-5-7-11/h3-7,12H,8-9H2,1-2H3,(H,17,22)(H,20,21)/t12-,16?/m0/s1. The second-order valence-electron chi connectivity index (χ2n) is 5.64. The SMILES string of the molecule is CC(=O)[C@H](CC(=O)O)NC(=O)C1(C)CC(c2ccccc2)=NO1. The van der Waals surface area contributed by atoms with Crippen LogP contribution >= 0.6 is 0 Å². The summed E-state index contributed by atoms with van der Waals surface area (Å²) in [5, 5.41) is 15.2. The van der Waals surface area contributed by atoms with E-state index < -0.39 is 35.7 Å². The van der Waals surface area contributed by atoms with Crippen molar-refractivity contribution in [2.45, 2.75) is 38.3 Å². The molecule has 122 valence electrons. The first-order valence-corrected chi connectivity index (χ1v) is 7.15. The molecule has 0 bridgehead atoms. The molecular weight excluding hydrogens is 300 g/mol. The van der Waals surface area contributed by atoms with Crippen molar-refractivity contribution in [1.29, 1.82) is 0 Å². The van der Waals surface area contributed by atoms with E-state index >= 15 is 0 Å². The maximum atomic E-state index is 12.4. The second kappa shape index (κ2) is 6.60. The minimum Gasteiger partial charge on any atom is -0.481 e. The van der Waals surface area contributed by atoms with Crippen molar-refractivity contribution in [2.75, 3.05) is 0 Å². The molecule has 1 amide bonds. The van der Waals surface area contributed by atoms with Gasteiger partial charge in [0.25, 0.3) is 5.91 Å². The van der Waals surface area contributed by atoms with Crippen molar-refractivity contribution < 1.29 is 24.3 Å². The van der Waals surface area contributed by atoms with E-state index in [1.807, 2.05) is 30.3 Å². The highest BCUT2D eigenvalue weighted by atomic mass is 16.7. The third kappa shape index (κ3) is 3.94. The molecule has 23 heavy (non-hydrogen) atoms. The van der Waals surface area contributed by atoms with Crippen LogP contribution in [0.3, 0.4) is 0 Å². The van der Waals surface area contributed by atoms with E-state index in [4.69, 9.17) is 9.94 Å². The quantitative estimate of drug-likeness (QED) is 0.817. The number of aliphatic carboxylic acids is 1. The van der Waals surface area contributed by atoms with E-state index in [0.717, 1.165) is 5.56 Å². The molecule has 1 aromatic rings. The van der Waals surface area contributed by atoms with E-state index in [0.29, 0.717) is 5.71 Å². The molecule has 0 saturated carbocycles. The number of oxime groups is 1. The number of amides is 1. The van der Waals surface area contributed by atoms with Gasteiger partial charge in [-0.05, 0) is 19.4 Å². The first-order chi connectivity index (χ1) is 10.8. The summed E-state index contributed by atoms with van der Waals surface area (Å²) in [6.07, 6.45) is -0.232. The molecule has 0 aromatic heterocycles. The number of carboxylic acids is 1. The lowest BCUT2D eigenvalue weighted by Crippen LogP contribution is -2.51. The van der Waals surface area contributed by atoms with Gasteiger partial charge in [-0.1, -0.05) is 35.5 Å². The predicted octanol–water partition coefficient (Wildman–Crippen LogP) is 1.12. The van der Waals surface area contributed by atoms with Gasteiger partial charge >= 0.3 is 5.97 Å². The van der Waals surface area contributed by atoms with E-state index in [-0.39, 0.29) is 6.42 Å². The lowest BCUT2D eigenvalue weighted by atomic mass is 9.94. The minimum absolute atomic E-state index is 0.237. The number of nitrogens with zero attached hydrogens (tertiary/aromatic N) is 1. The van der Waals surface area contributed by atoms with Gasteiger partial charge in [-0.15, -0.1) is 0 Å². The number of hydrogen-bond acceptors (Lipinski definition) is 5. The highest BCUT2D eigenvalue weighted by molar-refractivity contribution is 6.05. The van der Waals surface area contributed by atoms with Gasteiger partial charge in [0, 0.05) is 6.42 Å². The number of carbonyl (C=O) groups excluding carboxylic acids is 2. The van der Waals surface area contributed by atoms with E-state index in [1.54, 1.807) is 6.92 Å². The van der Waals surface area contributed by atoms with Gasteiger partial charge in [-0.3, -0.25) is 14.4 Å². The molecule has 0 radical (unpaired) electrons. The van der Waals surface area contributed by atoms with Gasteiger partial charge in [0.05, 0.1) is 18.2 Å². The van der Waals surface area contributed by atoms with Crippen molar-refractivity contribution >= 4 is 23.4 Å². The maximum absolute atomic E-state index is 12.4. The summed E-state index contributed by atoms with van der Waals surface area (Å²) in [5.41, 5.74) is 0.204. The van der Waals surface area contributed by atoms with E-state index in [9.17, 15) is 14.4 Å². The first kappa shape index (κ1) is 16.7. The number of nitrogens with one attached hydrogen (secondary N) is 1. The van der Waals surface area contributed by atoms with Crippen LogP contribution in [-0.2, 0) is 19.2 Å². The molecule has 1 aliphatic rings. The van der Waals surface area contributed by atoms with Crippen molar-refractivity contribution in [3.05, 3.63) is 35.9 Å². The number of carbonyl (C=O) groups is 3. The van der Waals surface area contributed by atoms with Gasteiger partial charge in [0.1, 0.15) is 0 Å². The fourth-order valence-electron chi connectivity index (χ4n) is 2.23. The molecule has 0 spiro atoms. The van der Waals surface area contributed by atoms with Crippen molar-refractivity contribution in [1.82, 2.24) is 5.32 Å². The van der Waals surface area contributed by atoms with Crippen LogP contribution in [0.15, 0.2) is 35.5 Å². The Hall–Kier alpha value is -2.70. The number of hydrogen-bond donors (Lipinski definition) is 2. The normalized spacial score (nSPS) is 21.0. The number of rotatable bonds is 6. The average Bonchev–Trinajstić information content (AvgIpc) is 2.91. The predicted molar refractivity (Wildman–Crippen MR) is 82.0 cm³/mol. The zero-order valence-electron chi connectivity index (χ0n) is 12.9. The van der Waals surface area contributed by atoms with Crippen LogP contribution in [-0.4, -0.2) is 40.1 Å². The summed E-state index contributed by atoms with van der Waals surface area (Å²) in [6, 6.07) is 8.21. The molecule has 2 atom stereocenters. The van der Waals surface area contributed by atoms with E-state index in [2.05, 4.69) is 10.5 Å². The smallest absolute Gasteiger partial charge is 0.305 e. The molecule has 0 saturated heterocycles. The number of benzene rings is 1. The third-order valence-electron chi connectivity index (χ3n) is 3.62. The minimum atomic E-state index is -1.27. The molecule has 2 rings (SSSR count). The van der Waals surface area contributed by atoms with Crippen LogP contribution < -0.4 is 5.32 Å². The van der Waals surface area contributed by atoms with Crippen molar-refractivity contribution in [3.8, 4) is 0 Å². The second-order valence-corrected chi connectivity index (χ2v) is 5.64. The number of Topliss-reactive ketones (excluding diaryl/α,β-unsaturated/α-hetero) is 1. The van der Waals surface area contributed by atoms with Crippen LogP contribution in [0.5, 0.6) is 0 Å². The molecule has 1 heterocycles. The Kier molecular flexibility index (Phi) is 4.78. The monoisotopic (exact) mass is 318 g/mol. The van der Waals surface area contributed by atoms with Gasteiger partial charge in [0.15, 0.2) is 5.78 Å². The van der Waals surface area contributed by atoms with Crippen LogP contribution in [0.25, 0.3) is 0 Å². The van der Waals surface area contributed by atoms with Crippen molar-refractivity contribution in [2.24, 2.45) is 5.16 Å².